The summed E-state index contributed by atoms with van der Waals surface area (Å²) in [5.74, 6) is 1.53. The Bertz CT molecular complexity index is 382. The summed E-state index contributed by atoms with van der Waals surface area (Å²) in [6.07, 6.45) is 2.19. The Morgan fingerprint density at radius 1 is 1.44 bits per heavy atom. The van der Waals surface area contributed by atoms with E-state index < -0.39 is 0 Å². The Hall–Kier alpha value is -0.250. The molecule has 0 saturated carbocycles. The predicted molar refractivity (Wildman–Crippen MR) is 77.4 cm³/mol. The molecule has 4 heteroatoms. The minimum atomic E-state index is 0.0803. The van der Waals surface area contributed by atoms with Crippen LogP contribution in [0.4, 0.5) is 0 Å². The van der Waals surface area contributed by atoms with E-state index in [2.05, 4.69) is 22.9 Å². The van der Waals surface area contributed by atoms with Crippen molar-refractivity contribution in [2.24, 2.45) is 5.41 Å². The van der Waals surface area contributed by atoms with Crippen LogP contribution < -0.4 is 4.74 Å². The van der Waals surface area contributed by atoms with Gasteiger partial charge in [-0.3, -0.25) is 0 Å². The zero-order chi connectivity index (χ0) is 13.0. The van der Waals surface area contributed by atoms with Crippen LogP contribution in [-0.4, -0.2) is 25.2 Å². The van der Waals surface area contributed by atoms with Gasteiger partial charge in [0.05, 0.1) is 12.7 Å². The minimum Gasteiger partial charge on any atom is -0.494 e. The lowest BCUT2D eigenvalue weighted by molar-refractivity contribution is 0.0620. The van der Waals surface area contributed by atoms with Gasteiger partial charge in [0.2, 0.25) is 0 Å². The number of hydrogen-bond donors (Lipinski definition) is 0. The highest BCUT2D eigenvalue weighted by Crippen LogP contribution is 2.39. The monoisotopic (exact) mass is 332 g/mol. The van der Waals surface area contributed by atoms with Gasteiger partial charge in [0.25, 0.3) is 0 Å². The van der Waals surface area contributed by atoms with Gasteiger partial charge < -0.3 is 9.47 Å². The molecule has 0 N–H and O–H groups in total. The summed E-state index contributed by atoms with van der Waals surface area (Å²) in [5.41, 5.74) is 0.0803. The SMILES string of the molecule is CC1OCCC1(CCl)CCOc1ccc(Br)cc1. The lowest BCUT2D eigenvalue weighted by atomic mass is 9.81. The fraction of sp³-hybridized carbons (Fsp3) is 0.571. The summed E-state index contributed by atoms with van der Waals surface area (Å²) in [6, 6.07) is 7.89. The summed E-state index contributed by atoms with van der Waals surface area (Å²) in [5, 5.41) is 0. The van der Waals surface area contributed by atoms with Crippen molar-refractivity contribution in [2.75, 3.05) is 19.1 Å². The van der Waals surface area contributed by atoms with Crippen LogP contribution >= 0.6 is 27.5 Å². The van der Waals surface area contributed by atoms with E-state index in [1.807, 2.05) is 24.3 Å². The van der Waals surface area contributed by atoms with Crippen molar-refractivity contribution in [3.63, 3.8) is 0 Å². The second kappa shape index (κ2) is 6.27. The van der Waals surface area contributed by atoms with Crippen LogP contribution in [0.3, 0.4) is 0 Å². The van der Waals surface area contributed by atoms with E-state index in [4.69, 9.17) is 21.1 Å². The average molecular weight is 334 g/mol. The highest BCUT2D eigenvalue weighted by molar-refractivity contribution is 9.10. The fourth-order valence-corrected chi connectivity index (χ4v) is 3.04. The van der Waals surface area contributed by atoms with Crippen LogP contribution in [0.1, 0.15) is 19.8 Å². The normalized spacial score (nSPS) is 27.4. The molecule has 1 aliphatic heterocycles. The zero-order valence-corrected chi connectivity index (χ0v) is 12.8. The maximum absolute atomic E-state index is 6.12. The number of halogens is 2. The molecule has 0 radical (unpaired) electrons. The molecule has 18 heavy (non-hydrogen) atoms. The van der Waals surface area contributed by atoms with Gasteiger partial charge in [0.1, 0.15) is 5.75 Å². The third-order valence-corrected chi connectivity index (χ3v) is 4.84. The van der Waals surface area contributed by atoms with E-state index in [1.54, 1.807) is 0 Å². The summed E-state index contributed by atoms with van der Waals surface area (Å²) >= 11 is 9.53. The van der Waals surface area contributed by atoms with Crippen LogP contribution in [-0.2, 0) is 4.74 Å². The first-order chi connectivity index (χ1) is 8.66. The molecular formula is C14H18BrClO2. The summed E-state index contributed by atoms with van der Waals surface area (Å²) in [4.78, 5) is 0. The third-order valence-electron chi connectivity index (χ3n) is 3.78. The highest BCUT2D eigenvalue weighted by Gasteiger charge is 2.40. The highest BCUT2D eigenvalue weighted by atomic mass is 79.9. The Morgan fingerprint density at radius 2 is 2.17 bits per heavy atom. The standard InChI is InChI=1S/C14H18BrClO2/c1-11-14(10-16,6-8-17-11)7-9-18-13-4-2-12(15)3-5-13/h2-5,11H,6-10H2,1H3. The molecular weight excluding hydrogens is 316 g/mol. The van der Waals surface area contributed by atoms with Crippen molar-refractivity contribution < 1.29 is 9.47 Å². The largest absolute Gasteiger partial charge is 0.494 e. The lowest BCUT2D eigenvalue weighted by Crippen LogP contribution is -2.32. The van der Waals surface area contributed by atoms with Crippen LogP contribution in [0.5, 0.6) is 5.75 Å². The predicted octanol–water partition coefficient (Wildman–Crippen LogP) is 4.25. The van der Waals surface area contributed by atoms with Gasteiger partial charge in [-0.1, -0.05) is 15.9 Å². The molecule has 1 heterocycles. The molecule has 0 aromatic heterocycles. The summed E-state index contributed by atoms with van der Waals surface area (Å²) in [7, 11) is 0. The quantitative estimate of drug-likeness (QED) is 0.750. The van der Waals surface area contributed by atoms with Gasteiger partial charge in [0.15, 0.2) is 0 Å². The van der Waals surface area contributed by atoms with E-state index in [0.717, 1.165) is 29.7 Å². The Kier molecular flexibility index (Phi) is 4.93. The topological polar surface area (TPSA) is 18.5 Å². The summed E-state index contributed by atoms with van der Waals surface area (Å²) < 4.78 is 12.5. The Morgan fingerprint density at radius 3 is 2.72 bits per heavy atom. The molecule has 1 aliphatic rings. The molecule has 1 saturated heterocycles. The van der Waals surface area contributed by atoms with Crippen molar-refractivity contribution in [1.29, 1.82) is 0 Å². The third kappa shape index (κ3) is 3.19. The number of alkyl halides is 1. The first-order valence-electron chi connectivity index (χ1n) is 6.22. The molecule has 100 valence electrons. The molecule has 0 amide bonds. The fourth-order valence-electron chi connectivity index (χ4n) is 2.29. The molecule has 2 atom stereocenters. The molecule has 2 rings (SSSR count). The van der Waals surface area contributed by atoms with Crippen LogP contribution in [0, 0.1) is 5.41 Å². The maximum atomic E-state index is 6.12. The average Bonchev–Trinajstić information content (AvgIpc) is 2.74. The van der Waals surface area contributed by atoms with E-state index >= 15 is 0 Å². The lowest BCUT2D eigenvalue weighted by Gasteiger charge is -2.29. The molecule has 1 fully saturated rings. The van der Waals surface area contributed by atoms with Crippen LogP contribution in [0.15, 0.2) is 28.7 Å². The molecule has 0 aliphatic carbocycles. The summed E-state index contributed by atoms with van der Waals surface area (Å²) in [6.45, 7) is 3.60. The van der Waals surface area contributed by atoms with Gasteiger partial charge in [0, 0.05) is 22.4 Å². The van der Waals surface area contributed by atoms with Gasteiger partial charge in [-0.05, 0) is 44.0 Å². The molecule has 0 spiro atoms. The van der Waals surface area contributed by atoms with Gasteiger partial charge in [-0.25, -0.2) is 0 Å². The van der Waals surface area contributed by atoms with Gasteiger partial charge >= 0.3 is 0 Å². The number of rotatable bonds is 5. The van der Waals surface area contributed by atoms with Crippen LogP contribution in [0.25, 0.3) is 0 Å². The second-order valence-electron chi connectivity index (χ2n) is 4.81. The molecule has 2 unspecified atom stereocenters. The Labute approximate surface area is 122 Å². The number of ether oxygens (including phenoxy) is 2. The molecule has 1 aromatic carbocycles. The molecule has 2 nitrogen and oxygen atoms in total. The van der Waals surface area contributed by atoms with E-state index in [1.165, 1.54) is 0 Å². The number of hydrogen-bond acceptors (Lipinski definition) is 2. The Balaban J connectivity index is 1.86. The zero-order valence-electron chi connectivity index (χ0n) is 10.5. The number of benzene rings is 1. The van der Waals surface area contributed by atoms with E-state index in [-0.39, 0.29) is 11.5 Å². The smallest absolute Gasteiger partial charge is 0.119 e. The van der Waals surface area contributed by atoms with E-state index in [0.29, 0.717) is 12.5 Å². The van der Waals surface area contributed by atoms with Crippen molar-refractivity contribution >= 4 is 27.5 Å². The minimum absolute atomic E-state index is 0.0803. The van der Waals surface area contributed by atoms with Gasteiger partial charge in [-0.2, -0.15) is 0 Å². The molecule has 1 aromatic rings. The molecule has 0 bridgehead atoms. The van der Waals surface area contributed by atoms with Gasteiger partial charge in [-0.15, -0.1) is 11.6 Å². The van der Waals surface area contributed by atoms with E-state index in [9.17, 15) is 0 Å². The van der Waals surface area contributed by atoms with Crippen molar-refractivity contribution in [3.8, 4) is 5.75 Å². The van der Waals surface area contributed by atoms with Crippen molar-refractivity contribution in [1.82, 2.24) is 0 Å². The second-order valence-corrected chi connectivity index (χ2v) is 5.99. The van der Waals surface area contributed by atoms with Crippen molar-refractivity contribution in [3.05, 3.63) is 28.7 Å². The van der Waals surface area contributed by atoms with Crippen molar-refractivity contribution in [2.45, 2.75) is 25.9 Å². The van der Waals surface area contributed by atoms with Crippen LogP contribution in [0.2, 0.25) is 0 Å². The first-order valence-corrected chi connectivity index (χ1v) is 7.55. The maximum Gasteiger partial charge on any atom is 0.119 e. The first kappa shape index (κ1) is 14.2.